The van der Waals surface area contributed by atoms with Gasteiger partial charge in [-0.2, -0.15) is 0 Å². The molecule has 1 atom stereocenters. The molecule has 0 aromatic heterocycles. The Morgan fingerprint density at radius 2 is 1.00 bits per heavy atom. The largest absolute Gasteiger partial charge is 0.369 e. The average molecular weight is 396 g/mol. The SMILES string of the molecule is CCCCCCCCCCCCC(=O)CCC(CCCCCCCC)C(N)=O. The summed E-state index contributed by atoms with van der Waals surface area (Å²) in [6.45, 7) is 4.47. The number of carbonyl (C=O) groups is 2. The molecule has 0 bridgehead atoms. The number of hydrogen-bond donors (Lipinski definition) is 1. The van der Waals surface area contributed by atoms with E-state index < -0.39 is 0 Å². The first-order chi connectivity index (χ1) is 13.6. The Hall–Kier alpha value is -0.860. The molecule has 0 aromatic rings. The number of carbonyl (C=O) groups excluding carboxylic acids is 2. The zero-order valence-corrected chi connectivity index (χ0v) is 19.1. The summed E-state index contributed by atoms with van der Waals surface area (Å²) in [5, 5.41) is 0. The van der Waals surface area contributed by atoms with Gasteiger partial charge in [0.1, 0.15) is 5.78 Å². The van der Waals surface area contributed by atoms with E-state index in [1.54, 1.807) is 0 Å². The second kappa shape index (κ2) is 20.9. The van der Waals surface area contributed by atoms with E-state index in [0.29, 0.717) is 25.0 Å². The number of unbranched alkanes of at least 4 members (excludes halogenated alkanes) is 14. The minimum absolute atomic E-state index is 0.108. The first-order valence-corrected chi connectivity index (χ1v) is 12.4. The molecule has 0 aliphatic carbocycles. The van der Waals surface area contributed by atoms with Crippen LogP contribution in [0.2, 0.25) is 0 Å². The van der Waals surface area contributed by atoms with Crippen LogP contribution in [-0.4, -0.2) is 11.7 Å². The highest BCUT2D eigenvalue weighted by atomic mass is 16.1. The normalized spacial score (nSPS) is 12.2. The van der Waals surface area contributed by atoms with Crippen LogP contribution in [-0.2, 0) is 9.59 Å². The van der Waals surface area contributed by atoms with Gasteiger partial charge in [-0.15, -0.1) is 0 Å². The number of nitrogens with two attached hydrogens (primary N) is 1. The van der Waals surface area contributed by atoms with Crippen LogP contribution in [0.4, 0.5) is 0 Å². The molecule has 0 aliphatic heterocycles. The molecule has 3 heteroatoms. The second-order valence-electron chi connectivity index (χ2n) is 8.67. The van der Waals surface area contributed by atoms with Crippen LogP contribution in [0.15, 0.2) is 0 Å². The lowest BCUT2D eigenvalue weighted by Gasteiger charge is -2.12. The highest BCUT2D eigenvalue weighted by Gasteiger charge is 2.16. The van der Waals surface area contributed by atoms with Gasteiger partial charge in [0.25, 0.3) is 0 Å². The molecule has 166 valence electrons. The lowest BCUT2D eigenvalue weighted by atomic mass is 9.93. The van der Waals surface area contributed by atoms with E-state index in [1.807, 2.05) is 0 Å². The van der Waals surface area contributed by atoms with Crippen LogP contribution in [0.5, 0.6) is 0 Å². The molecule has 0 fully saturated rings. The minimum Gasteiger partial charge on any atom is -0.369 e. The smallest absolute Gasteiger partial charge is 0.220 e. The summed E-state index contributed by atoms with van der Waals surface area (Å²) >= 11 is 0. The van der Waals surface area contributed by atoms with Crippen molar-refractivity contribution in [3.05, 3.63) is 0 Å². The third kappa shape index (κ3) is 18.5. The molecule has 0 aromatic carbocycles. The highest BCUT2D eigenvalue weighted by Crippen LogP contribution is 2.18. The van der Waals surface area contributed by atoms with Gasteiger partial charge < -0.3 is 5.73 Å². The quantitative estimate of drug-likeness (QED) is 0.193. The fourth-order valence-electron chi connectivity index (χ4n) is 3.87. The van der Waals surface area contributed by atoms with Gasteiger partial charge in [-0.1, -0.05) is 110 Å². The summed E-state index contributed by atoms with van der Waals surface area (Å²) in [6.07, 6.45) is 22.9. The van der Waals surface area contributed by atoms with E-state index in [-0.39, 0.29) is 11.8 Å². The van der Waals surface area contributed by atoms with Gasteiger partial charge >= 0.3 is 0 Å². The zero-order chi connectivity index (χ0) is 20.9. The van der Waals surface area contributed by atoms with E-state index in [2.05, 4.69) is 13.8 Å². The molecule has 0 spiro atoms. The van der Waals surface area contributed by atoms with Gasteiger partial charge in [0, 0.05) is 18.8 Å². The zero-order valence-electron chi connectivity index (χ0n) is 19.1. The molecule has 0 saturated carbocycles. The van der Waals surface area contributed by atoms with Crippen molar-refractivity contribution in [2.75, 3.05) is 0 Å². The summed E-state index contributed by atoms with van der Waals surface area (Å²) in [4.78, 5) is 23.7. The summed E-state index contributed by atoms with van der Waals surface area (Å²) in [5.74, 6) is -0.0168. The van der Waals surface area contributed by atoms with Crippen molar-refractivity contribution >= 4 is 11.7 Å². The van der Waals surface area contributed by atoms with Crippen LogP contribution in [0.1, 0.15) is 142 Å². The van der Waals surface area contributed by atoms with Crippen LogP contribution in [0.25, 0.3) is 0 Å². The topological polar surface area (TPSA) is 60.2 Å². The van der Waals surface area contributed by atoms with Gasteiger partial charge in [0.2, 0.25) is 5.91 Å². The number of rotatable bonds is 22. The summed E-state index contributed by atoms with van der Waals surface area (Å²) < 4.78 is 0. The van der Waals surface area contributed by atoms with Crippen molar-refractivity contribution in [1.29, 1.82) is 0 Å². The van der Waals surface area contributed by atoms with E-state index >= 15 is 0 Å². The van der Waals surface area contributed by atoms with Crippen molar-refractivity contribution in [3.63, 3.8) is 0 Å². The Morgan fingerprint density at radius 3 is 1.46 bits per heavy atom. The maximum atomic E-state index is 12.1. The Morgan fingerprint density at radius 1 is 0.571 bits per heavy atom. The molecule has 0 radical (unpaired) electrons. The molecule has 0 rings (SSSR count). The van der Waals surface area contributed by atoms with Crippen molar-refractivity contribution in [1.82, 2.24) is 0 Å². The molecule has 3 nitrogen and oxygen atoms in total. The fourth-order valence-corrected chi connectivity index (χ4v) is 3.87. The predicted molar refractivity (Wildman–Crippen MR) is 121 cm³/mol. The molecule has 1 unspecified atom stereocenters. The standard InChI is InChI=1S/C25H49NO2/c1-3-5-7-9-11-12-13-14-16-18-20-24(27)22-21-23(25(26)28)19-17-15-10-8-6-4-2/h23H,3-22H2,1-2H3,(H2,26,28). The monoisotopic (exact) mass is 395 g/mol. The van der Waals surface area contributed by atoms with Crippen LogP contribution in [0.3, 0.4) is 0 Å². The first-order valence-electron chi connectivity index (χ1n) is 12.4. The van der Waals surface area contributed by atoms with Crippen molar-refractivity contribution in [3.8, 4) is 0 Å². The molecular formula is C25H49NO2. The van der Waals surface area contributed by atoms with Crippen LogP contribution in [0, 0.1) is 5.92 Å². The second-order valence-corrected chi connectivity index (χ2v) is 8.67. The van der Waals surface area contributed by atoms with Gasteiger partial charge in [0.05, 0.1) is 0 Å². The number of amides is 1. The van der Waals surface area contributed by atoms with Crippen molar-refractivity contribution in [2.45, 2.75) is 142 Å². The molecule has 1 amide bonds. The molecule has 0 saturated heterocycles. The molecule has 0 heterocycles. The maximum Gasteiger partial charge on any atom is 0.220 e. The fraction of sp³-hybridized carbons (Fsp3) is 0.920. The minimum atomic E-state index is -0.222. The Kier molecular flexibility index (Phi) is 20.2. The summed E-state index contributed by atoms with van der Waals surface area (Å²) in [7, 11) is 0. The summed E-state index contributed by atoms with van der Waals surface area (Å²) in [6, 6.07) is 0. The maximum absolute atomic E-state index is 12.1. The van der Waals surface area contributed by atoms with Gasteiger partial charge in [-0.05, 0) is 19.3 Å². The number of primary amides is 1. The summed E-state index contributed by atoms with van der Waals surface area (Å²) in [5.41, 5.74) is 5.54. The van der Waals surface area contributed by atoms with E-state index in [0.717, 1.165) is 25.7 Å². The molecule has 0 aliphatic rings. The lowest BCUT2D eigenvalue weighted by Crippen LogP contribution is -2.24. The van der Waals surface area contributed by atoms with Gasteiger partial charge in [-0.3, -0.25) is 9.59 Å². The molecule has 2 N–H and O–H groups in total. The van der Waals surface area contributed by atoms with E-state index in [9.17, 15) is 9.59 Å². The first kappa shape index (κ1) is 27.1. The average Bonchev–Trinajstić information content (AvgIpc) is 2.68. The van der Waals surface area contributed by atoms with Crippen LogP contribution < -0.4 is 5.73 Å². The third-order valence-electron chi connectivity index (χ3n) is 5.89. The van der Waals surface area contributed by atoms with Gasteiger partial charge in [0.15, 0.2) is 0 Å². The molecule has 28 heavy (non-hydrogen) atoms. The Bertz CT molecular complexity index is 368. The highest BCUT2D eigenvalue weighted by molar-refractivity contribution is 5.80. The van der Waals surface area contributed by atoms with Crippen molar-refractivity contribution in [2.24, 2.45) is 11.7 Å². The van der Waals surface area contributed by atoms with E-state index in [4.69, 9.17) is 5.73 Å². The Labute approximate surface area is 175 Å². The van der Waals surface area contributed by atoms with Crippen molar-refractivity contribution < 1.29 is 9.59 Å². The number of hydrogen-bond acceptors (Lipinski definition) is 2. The third-order valence-corrected chi connectivity index (χ3v) is 5.89. The number of Topliss-reactive ketones (excluding diaryl/α,β-unsaturated/α-hetero) is 1. The number of ketones is 1. The predicted octanol–water partition coefficient (Wildman–Crippen LogP) is 7.50. The molecular weight excluding hydrogens is 346 g/mol. The lowest BCUT2D eigenvalue weighted by molar-refractivity contribution is -0.123. The van der Waals surface area contributed by atoms with Crippen LogP contribution >= 0.6 is 0 Å². The van der Waals surface area contributed by atoms with Gasteiger partial charge in [-0.25, -0.2) is 0 Å². The van der Waals surface area contributed by atoms with E-state index in [1.165, 1.54) is 83.5 Å². The Balaban J connectivity index is 3.60.